The van der Waals surface area contributed by atoms with Crippen molar-refractivity contribution in [2.24, 2.45) is 0 Å². The Morgan fingerprint density at radius 3 is 2.88 bits per heavy atom. The number of alkyl halides is 1. The van der Waals surface area contributed by atoms with Crippen LogP contribution in [0.1, 0.15) is 11.4 Å². The Labute approximate surface area is 102 Å². The molecule has 0 saturated carbocycles. The number of halogens is 1. The van der Waals surface area contributed by atoms with Crippen LogP contribution in [0.4, 0.5) is 5.69 Å². The molecular weight excluding hydrogens is 276 g/mol. The number of aryl methyl sites for hydroxylation is 1. The Balaban J connectivity index is 2.92. The van der Waals surface area contributed by atoms with E-state index in [-0.39, 0.29) is 10.5 Å². The van der Waals surface area contributed by atoms with Crippen LogP contribution in [0.2, 0.25) is 0 Å². The first-order valence-corrected chi connectivity index (χ1v) is 5.70. The molecule has 0 aromatic carbocycles. The molecule has 5 nitrogen and oxygen atoms in total. The summed E-state index contributed by atoms with van der Waals surface area (Å²) in [6, 6.07) is 3.13. The fourth-order valence-electron chi connectivity index (χ4n) is 1.37. The largest absolute Gasteiger partial charge is 0.384 e. The lowest BCUT2D eigenvalue weighted by Crippen LogP contribution is -2.13. The first-order valence-electron chi connectivity index (χ1n) is 4.78. The van der Waals surface area contributed by atoms with Gasteiger partial charge < -0.3 is 4.74 Å². The highest BCUT2D eigenvalue weighted by Gasteiger charge is 2.18. The zero-order chi connectivity index (χ0) is 12.1. The first-order chi connectivity index (χ1) is 7.54. The van der Waals surface area contributed by atoms with Gasteiger partial charge in [-0.15, -0.1) is 0 Å². The highest BCUT2D eigenvalue weighted by molar-refractivity contribution is 9.09. The molecule has 0 spiro atoms. The van der Waals surface area contributed by atoms with E-state index < -0.39 is 4.92 Å². The third-order valence-electron chi connectivity index (χ3n) is 2.05. The fraction of sp³-hybridized carbons (Fsp3) is 0.500. The molecule has 0 aliphatic rings. The maximum atomic E-state index is 10.8. The van der Waals surface area contributed by atoms with Gasteiger partial charge in [0.25, 0.3) is 5.69 Å². The van der Waals surface area contributed by atoms with Gasteiger partial charge in [0.1, 0.15) is 5.69 Å². The summed E-state index contributed by atoms with van der Waals surface area (Å²) in [4.78, 5) is 14.6. The topological polar surface area (TPSA) is 65.3 Å². The number of aromatic nitrogens is 1. The minimum Gasteiger partial charge on any atom is -0.384 e. The summed E-state index contributed by atoms with van der Waals surface area (Å²) < 4.78 is 4.96. The van der Waals surface area contributed by atoms with E-state index in [1.165, 1.54) is 6.07 Å². The minimum atomic E-state index is -0.408. The van der Waals surface area contributed by atoms with Crippen molar-refractivity contribution in [2.45, 2.75) is 18.2 Å². The van der Waals surface area contributed by atoms with Crippen molar-refractivity contribution < 1.29 is 9.66 Å². The van der Waals surface area contributed by atoms with E-state index in [0.717, 1.165) is 5.69 Å². The predicted molar refractivity (Wildman–Crippen MR) is 63.9 cm³/mol. The van der Waals surface area contributed by atoms with Crippen LogP contribution in [0.3, 0.4) is 0 Å². The Hall–Kier alpha value is -1.01. The average molecular weight is 289 g/mol. The van der Waals surface area contributed by atoms with Crippen LogP contribution in [-0.4, -0.2) is 28.5 Å². The number of methoxy groups -OCH3 is 1. The Morgan fingerprint density at radius 2 is 2.31 bits per heavy atom. The summed E-state index contributed by atoms with van der Waals surface area (Å²) in [5.74, 6) is 0. The van der Waals surface area contributed by atoms with Crippen molar-refractivity contribution in [3.05, 3.63) is 33.6 Å². The number of nitro groups is 1. The molecule has 1 heterocycles. The standard InChI is InChI=1S/C10H13BrN2O3/c1-7-3-4-10(13(14)15)9(12-7)5-8(11)6-16-2/h3-4,8H,5-6H2,1-2H3. The van der Waals surface area contributed by atoms with Crippen molar-refractivity contribution in [1.82, 2.24) is 4.98 Å². The number of rotatable bonds is 5. The maximum Gasteiger partial charge on any atom is 0.290 e. The van der Waals surface area contributed by atoms with Crippen LogP contribution in [0.5, 0.6) is 0 Å². The number of pyridine rings is 1. The van der Waals surface area contributed by atoms with Gasteiger partial charge in [0, 0.05) is 30.1 Å². The molecule has 0 aliphatic heterocycles. The Kier molecular flexibility index (Phi) is 4.82. The lowest BCUT2D eigenvalue weighted by atomic mass is 10.2. The van der Waals surface area contributed by atoms with Gasteiger partial charge in [0.2, 0.25) is 0 Å². The zero-order valence-electron chi connectivity index (χ0n) is 9.14. The lowest BCUT2D eigenvalue weighted by Gasteiger charge is -2.08. The Bertz CT molecular complexity index is 384. The molecule has 1 rings (SSSR count). The molecule has 1 aromatic rings. The van der Waals surface area contributed by atoms with Crippen molar-refractivity contribution >= 4 is 21.6 Å². The van der Waals surface area contributed by atoms with Crippen molar-refractivity contribution in [3.8, 4) is 0 Å². The molecule has 0 saturated heterocycles. The molecule has 16 heavy (non-hydrogen) atoms. The van der Waals surface area contributed by atoms with Gasteiger partial charge in [-0.1, -0.05) is 15.9 Å². The monoisotopic (exact) mass is 288 g/mol. The summed E-state index contributed by atoms with van der Waals surface area (Å²) in [5, 5.41) is 10.8. The zero-order valence-corrected chi connectivity index (χ0v) is 10.7. The second kappa shape index (κ2) is 5.91. The summed E-state index contributed by atoms with van der Waals surface area (Å²) in [6.45, 7) is 2.31. The van der Waals surface area contributed by atoms with E-state index in [9.17, 15) is 10.1 Å². The number of nitrogens with zero attached hydrogens (tertiary/aromatic N) is 2. The van der Waals surface area contributed by atoms with Gasteiger partial charge in [0.05, 0.1) is 11.5 Å². The highest BCUT2D eigenvalue weighted by atomic mass is 79.9. The molecule has 0 radical (unpaired) electrons. The van der Waals surface area contributed by atoms with Gasteiger partial charge in [-0.2, -0.15) is 0 Å². The molecule has 0 bridgehead atoms. The number of ether oxygens (including phenoxy) is 1. The molecule has 0 aliphatic carbocycles. The van der Waals surface area contributed by atoms with Crippen molar-refractivity contribution in [3.63, 3.8) is 0 Å². The van der Waals surface area contributed by atoms with E-state index in [1.807, 2.05) is 6.92 Å². The predicted octanol–water partition coefficient (Wildman–Crippen LogP) is 2.25. The van der Waals surface area contributed by atoms with Crippen LogP contribution in [-0.2, 0) is 11.2 Å². The van der Waals surface area contributed by atoms with E-state index >= 15 is 0 Å². The third kappa shape index (κ3) is 3.53. The Morgan fingerprint density at radius 1 is 1.62 bits per heavy atom. The molecule has 0 fully saturated rings. The van der Waals surface area contributed by atoms with Crippen molar-refractivity contribution in [2.75, 3.05) is 13.7 Å². The van der Waals surface area contributed by atoms with Crippen LogP contribution in [0.25, 0.3) is 0 Å². The van der Waals surface area contributed by atoms with Crippen LogP contribution >= 0.6 is 15.9 Å². The normalized spacial score (nSPS) is 12.4. The van der Waals surface area contributed by atoms with E-state index in [0.29, 0.717) is 18.7 Å². The molecule has 0 N–H and O–H groups in total. The second-order valence-corrected chi connectivity index (χ2v) is 4.73. The van der Waals surface area contributed by atoms with Crippen LogP contribution in [0.15, 0.2) is 12.1 Å². The quantitative estimate of drug-likeness (QED) is 0.474. The number of hydrogen-bond donors (Lipinski definition) is 0. The summed E-state index contributed by atoms with van der Waals surface area (Å²) in [7, 11) is 1.59. The fourth-order valence-corrected chi connectivity index (χ4v) is 1.94. The summed E-state index contributed by atoms with van der Waals surface area (Å²) in [6.07, 6.45) is 0.478. The first kappa shape index (κ1) is 13.1. The lowest BCUT2D eigenvalue weighted by molar-refractivity contribution is -0.385. The summed E-state index contributed by atoms with van der Waals surface area (Å²) in [5.41, 5.74) is 1.33. The summed E-state index contributed by atoms with van der Waals surface area (Å²) >= 11 is 3.40. The number of hydrogen-bond acceptors (Lipinski definition) is 4. The van der Waals surface area contributed by atoms with Gasteiger partial charge in [-0.05, 0) is 13.0 Å². The third-order valence-corrected chi connectivity index (χ3v) is 2.64. The van der Waals surface area contributed by atoms with E-state index in [4.69, 9.17) is 4.74 Å². The molecule has 1 aromatic heterocycles. The van der Waals surface area contributed by atoms with Gasteiger partial charge in [-0.25, -0.2) is 0 Å². The van der Waals surface area contributed by atoms with Gasteiger partial charge >= 0.3 is 0 Å². The second-order valence-electron chi connectivity index (χ2n) is 3.43. The molecule has 6 heteroatoms. The average Bonchev–Trinajstić information content (AvgIpc) is 2.17. The van der Waals surface area contributed by atoms with Crippen LogP contribution in [0, 0.1) is 17.0 Å². The van der Waals surface area contributed by atoms with E-state index in [2.05, 4.69) is 20.9 Å². The molecular formula is C10H13BrN2O3. The molecule has 0 amide bonds. The molecule has 1 atom stereocenters. The minimum absolute atomic E-state index is 0.0329. The van der Waals surface area contributed by atoms with Crippen LogP contribution < -0.4 is 0 Å². The van der Waals surface area contributed by atoms with Crippen molar-refractivity contribution in [1.29, 1.82) is 0 Å². The maximum absolute atomic E-state index is 10.8. The smallest absolute Gasteiger partial charge is 0.290 e. The van der Waals surface area contributed by atoms with Gasteiger partial charge in [0.15, 0.2) is 0 Å². The molecule has 88 valence electrons. The molecule has 1 unspecified atom stereocenters. The van der Waals surface area contributed by atoms with E-state index in [1.54, 1.807) is 13.2 Å². The van der Waals surface area contributed by atoms with Gasteiger partial charge in [-0.3, -0.25) is 15.1 Å². The SMILES string of the molecule is COCC(Br)Cc1nc(C)ccc1[N+](=O)[O-]. The highest BCUT2D eigenvalue weighted by Crippen LogP contribution is 2.20.